The van der Waals surface area contributed by atoms with Crippen LogP contribution in [0, 0.1) is 13.8 Å². The quantitative estimate of drug-likeness (QED) is 0.101. The molecule has 0 unspecified atom stereocenters. The van der Waals surface area contributed by atoms with Crippen molar-refractivity contribution in [1.29, 1.82) is 0 Å². The van der Waals surface area contributed by atoms with Crippen molar-refractivity contribution in [3.05, 3.63) is 287 Å². The Balaban J connectivity index is 0.000000170. The molecule has 2 aromatic heterocycles. The van der Waals surface area contributed by atoms with Gasteiger partial charge in [-0.1, -0.05) is 128 Å². The molecule has 13 heteroatoms. The molecule has 0 fully saturated rings. The van der Waals surface area contributed by atoms with E-state index >= 15 is 0 Å². The van der Waals surface area contributed by atoms with Gasteiger partial charge in [-0.15, -0.1) is 0 Å². The van der Waals surface area contributed by atoms with E-state index in [1.807, 2.05) is 109 Å². The Labute approximate surface area is 554 Å². The molecule has 0 aliphatic carbocycles. The molecule has 5 heterocycles. The fraction of sp³-hybridized carbons (Fsp3) is 0.134. The fourth-order valence-corrected chi connectivity index (χ4v) is 12.5. The van der Waals surface area contributed by atoms with Gasteiger partial charge in [-0.25, -0.2) is 20.0 Å². The number of fused-ring (bicyclic) bond motifs is 5. The monoisotopic (exact) mass is 1250 g/mol. The van der Waals surface area contributed by atoms with Gasteiger partial charge in [0.05, 0.1) is 88.3 Å². The Morgan fingerprint density at radius 2 is 0.768 bits per heavy atom. The lowest BCUT2D eigenvalue weighted by atomic mass is 9.94. The third-order valence-electron chi connectivity index (χ3n) is 17.5. The molecular formula is C82H71N7O6. The zero-order valence-electron chi connectivity index (χ0n) is 53.4. The minimum atomic E-state index is -1.14. The first-order valence-electron chi connectivity index (χ1n) is 31.0. The number of aryl methyl sites for hydroxylation is 2. The molecular weight excluding hydrogens is 1180 g/mol. The highest BCUT2D eigenvalue weighted by Gasteiger charge is 2.50. The standard InChI is InChI=1S/C41H35N3O3.C40H32N4O3.CH4/c1-26-9-11-29(12-10-26)39-40(30-17-23-33(47-4)24-18-30)44-41(43-39)35-8-6-5-7-34(35)37-25-36(27-13-19-31(45-2)20-14-27)38(42-37)28-15-21-32(46-3)22-16-28;1-25-9-11-28(12-10-25)37-38(29-17-23-32(47-4)24-18-29)44-39(41-37)33-7-5-6-8-34(33)40(44)42-35(26-13-19-30(45-2)20-14-26)36(43-40)27-15-21-31(46-3)22-16-27;/h5-24H,25H2,1-4H3,(H,43,44);5-24H,1-4H3;1H4. The van der Waals surface area contributed by atoms with E-state index in [9.17, 15) is 0 Å². The van der Waals surface area contributed by atoms with Gasteiger partial charge in [0, 0.05) is 67.6 Å². The molecule has 0 atom stereocenters. The van der Waals surface area contributed by atoms with Gasteiger partial charge in [0.15, 0.2) is 0 Å². The van der Waals surface area contributed by atoms with Crippen LogP contribution in [0.3, 0.4) is 0 Å². The summed E-state index contributed by atoms with van der Waals surface area (Å²) in [6, 6.07) is 82.1. The number of H-pyrrole nitrogens is 1. The first kappa shape index (κ1) is 62.0. The van der Waals surface area contributed by atoms with Crippen molar-refractivity contribution in [2.75, 3.05) is 42.7 Å². The molecule has 13 nitrogen and oxygen atoms in total. The van der Waals surface area contributed by atoms with E-state index in [4.69, 9.17) is 53.4 Å². The number of allylic oxidation sites excluding steroid dienone is 1. The number of nitrogens with zero attached hydrogens (tertiary/aromatic N) is 6. The maximum atomic E-state index is 5.61. The number of nitrogens with one attached hydrogen (secondary N) is 1. The summed E-state index contributed by atoms with van der Waals surface area (Å²) in [6.07, 6.45) is 0.668. The highest BCUT2D eigenvalue weighted by molar-refractivity contribution is 6.54. The minimum Gasteiger partial charge on any atom is -0.497 e. The summed E-state index contributed by atoms with van der Waals surface area (Å²) < 4.78 is 35.0. The fourth-order valence-electron chi connectivity index (χ4n) is 12.5. The van der Waals surface area contributed by atoms with Crippen LogP contribution in [0.5, 0.6) is 34.5 Å². The van der Waals surface area contributed by atoms with Gasteiger partial charge in [-0.3, -0.25) is 9.56 Å². The zero-order valence-corrected chi connectivity index (χ0v) is 53.4. The second kappa shape index (κ2) is 26.4. The largest absolute Gasteiger partial charge is 0.497 e. The van der Waals surface area contributed by atoms with E-state index in [1.165, 1.54) is 11.1 Å². The number of hydrogen-bond donors (Lipinski definition) is 1. The summed E-state index contributed by atoms with van der Waals surface area (Å²) in [6.45, 7) is 4.19. The van der Waals surface area contributed by atoms with Crippen molar-refractivity contribution in [1.82, 2.24) is 19.5 Å². The van der Waals surface area contributed by atoms with Gasteiger partial charge < -0.3 is 33.4 Å². The lowest BCUT2D eigenvalue weighted by molar-refractivity contribution is 0.414. The number of ether oxygens (including phenoxy) is 6. The predicted octanol–water partition coefficient (Wildman–Crippen LogP) is 18.3. The molecule has 0 amide bonds. The summed E-state index contributed by atoms with van der Waals surface area (Å²) in [7, 11) is 10.1. The number of aliphatic imine (C=N–C) groups is 3. The highest BCUT2D eigenvalue weighted by atomic mass is 16.5. The van der Waals surface area contributed by atoms with E-state index < -0.39 is 5.79 Å². The number of methoxy groups -OCH3 is 6. The SMILES string of the molecule is C.COc1ccc(C2=C(c3ccc(OC)cc3)N=C(c3ccccc3-c3nc(-c4ccc(C)cc4)c(-c4ccc(OC)cc4)[nH]3)C2)cc1.COc1ccc(C2=NC3(N=C2c2ccc(OC)cc2)c2ccccc2-c2nc(-c4ccc(C)cc4)c(-c4ccc(OC)cc4)n23)cc1. The molecule has 0 radical (unpaired) electrons. The van der Waals surface area contributed by atoms with Crippen LogP contribution in [-0.2, 0) is 5.79 Å². The third-order valence-corrected chi connectivity index (χ3v) is 17.5. The van der Waals surface area contributed by atoms with Gasteiger partial charge in [0.25, 0.3) is 5.79 Å². The average Bonchev–Trinajstić information content (AvgIpc) is 1.52. The molecule has 0 saturated carbocycles. The molecule has 1 N–H and O–H groups in total. The normalized spacial score (nSPS) is 13.2. The summed E-state index contributed by atoms with van der Waals surface area (Å²) in [5, 5.41) is 0. The van der Waals surface area contributed by atoms with E-state index in [0.29, 0.717) is 6.42 Å². The summed E-state index contributed by atoms with van der Waals surface area (Å²) >= 11 is 0. The first-order valence-corrected chi connectivity index (χ1v) is 31.0. The van der Waals surface area contributed by atoms with Crippen LogP contribution in [-0.4, -0.2) is 79.3 Å². The Bertz CT molecular complexity index is 4830. The second-order valence-electron chi connectivity index (χ2n) is 23.1. The van der Waals surface area contributed by atoms with Crippen molar-refractivity contribution >= 4 is 28.4 Å². The Morgan fingerprint density at radius 1 is 0.379 bits per heavy atom. The zero-order chi connectivity index (χ0) is 64.5. The molecule has 470 valence electrons. The maximum Gasteiger partial charge on any atom is 0.262 e. The number of aromatic nitrogens is 4. The van der Waals surface area contributed by atoms with Gasteiger partial charge in [-0.2, -0.15) is 0 Å². The molecule has 15 rings (SSSR count). The highest BCUT2D eigenvalue weighted by Crippen LogP contribution is 2.53. The third kappa shape index (κ3) is 11.7. The topological polar surface area (TPSA) is 139 Å². The Kier molecular flexibility index (Phi) is 17.2. The lowest BCUT2D eigenvalue weighted by Gasteiger charge is -2.24. The van der Waals surface area contributed by atoms with Gasteiger partial charge in [0.1, 0.15) is 46.1 Å². The van der Waals surface area contributed by atoms with Gasteiger partial charge in [0.2, 0.25) is 0 Å². The minimum absolute atomic E-state index is 0. The van der Waals surface area contributed by atoms with Crippen molar-refractivity contribution in [3.63, 3.8) is 0 Å². The van der Waals surface area contributed by atoms with Crippen molar-refractivity contribution in [2.24, 2.45) is 15.0 Å². The summed E-state index contributed by atoms with van der Waals surface area (Å²) in [4.78, 5) is 30.8. The molecule has 0 saturated heterocycles. The van der Waals surface area contributed by atoms with Crippen LogP contribution in [0.4, 0.5) is 0 Å². The van der Waals surface area contributed by atoms with Crippen LogP contribution in [0.15, 0.2) is 258 Å². The molecule has 1 spiro atoms. The number of rotatable bonds is 16. The van der Waals surface area contributed by atoms with Crippen molar-refractivity contribution < 1.29 is 28.4 Å². The van der Waals surface area contributed by atoms with Crippen LogP contribution in [0.2, 0.25) is 0 Å². The molecule has 95 heavy (non-hydrogen) atoms. The van der Waals surface area contributed by atoms with Crippen molar-refractivity contribution in [2.45, 2.75) is 33.5 Å². The summed E-state index contributed by atoms with van der Waals surface area (Å²) in [5.41, 5.74) is 22.8. The molecule has 3 aliphatic heterocycles. The number of benzene rings is 10. The van der Waals surface area contributed by atoms with E-state index in [1.54, 1.807) is 42.7 Å². The average molecular weight is 1250 g/mol. The molecule has 12 aromatic rings. The van der Waals surface area contributed by atoms with Gasteiger partial charge >= 0.3 is 0 Å². The van der Waals surface area contributed by atoms with Crippen LogP contribution in [0.25, 0.3) is 79.1 Å². The first-order chi connectivity index (χ1) is 46.1. The van der Waals surface area contributed by atoms with Crippen LogP contribution in [0.1, 0.15) is 58.4 Å². The smallest absolute Gasteiger partial charge is 0.262 e. The van der Waals surface area contributed by atoms with Crippen LogP contribution < -0.4 is 28.4 Å². The van der Waals surface area contributed by atoms with E-state index in [2.05, 4.69) is 157 Å². The predicted molar refractivity (Wildman–Crippen MR) is 383 cm³/mol. The van der Waals surface area contributed by atoms with Crippen molar-refractivity contribution in [3.8, 4) is 102 Å². The van der Waals surface area contributed by atoms with E-state index in [0.717, 1.165) is 164 Å². The lowest BCUT2D eigenvalue weighted by Crippen LogP contribution is -2.26. The second-order valence-corrected chi connectivity index (χ2v) is 23.1. The Hall–Kier alpha value is -11.8. The van der Waals surface area contributed by atoms with E-state index in [-0.39, 0.29) is 7.43 Å². The molecule has 10 aromatic carbocycles. The number of imidazole rings is 2. The van der Waals surface area contributed by atoms with Gasteiger partial charge in [-0.05, 0) is 158 Å². The number of aromatic amines is 1. The Morgan fingerprint density at radius 3 is 1.24 bits per heavy atom. The maximum absolute atomic E-state index is 5.61. The molecule has 0 bridgehead atoms. The summed E-state index contributed by atoms with van der Waals surface area (Å²) in [5.74, 6) is 5.24. The number of hydrogen-bond acceptors (Lipinski definition) is 11. The molecule has 3 aliphatic rings. The van der Waals surface area contributed by atoms with Crippen LogP contribution >= 0.6 is 0 Å².